The Morgan fingerprint density at radius 2 is 0.981 bits per heavy atom. The van der Waals surface area contributed by atoms with Crippen LogP contribution in [0.15, 0.2) is 0 Å². The van der Waals surface area contributed by atoms with Crippen LogP contribution in [0.25, 0.3) is 0 Å². The van der Waals surface area contributed by atoms with Crippen LogP contribution < -0.4 is 0 Å². The molecule has 1 saturated heterocycles. The summed E-state index contributed by atoms with van der Waals surface area (Å²) in [6.07, 6.45) is 25.0. The van der Waals surface area contributed by atoms with Crippen LogP contribution in [0.5, 0.6) is 0 Å². The third kappa shape index (κ3) is 26.6. The molecule has 0 bridgehead atoms. The fourth-order valence-corrected chi connectivity index (χ4v) is 7.50. The molecule has 1 fully saturated rings. The zero-order valence-electron chi connectivity index (χ0n) is 37.5. The Morgan fingerprint density at radius 1 is 0.593 bits per heavy atom. The van der Waals surface area contributed by atoms with E-state index in [0.717, 1.165) is 77.2 Å². The van der Waals surface area contributed by atoms with Crippen LogP contribution in [0.4, 0.5) is 0 Å². The molecule has 1 heterocycles. The first-order valence-corrected chi connectivity index (χ1v) is 23.0. The van der Waals surface area contributed by atoms with Gasteiger partial charge in [-0.1, -0.05) is 132 Å². The van der Waals surface area contributed by atoms with E-state index in [1.165, 1.54) is 64.2 Å². The van der Waals surface area contributed by atoms with Crippen molar-refractivity contribution in [1.29, 1.82) is 0 Å². The molecular formula is C47H91NO6. The first kappa shape index (κ1) is 50.8. The topological polar surface area (TPSA) is 74.3 Å². The Morgan fingerprint density at radius 3 is 1.35 bits per heavy atom. The molecule has 3 atom stereocenters. The van der Waals surface area contributed by atoms with Crippen molar-refractivity contribution in [3.63, 3.8) is 0 Å². The molecule has 0 aromatic carbocycles. The van der Waals surface area contributed by atoms with Crippen LogP contribution in [-0.4, -0.2) is 69.2 Å². The first-order valence-electron chi connectivity index (χ1n) is 23.0. The second-order valence-electron chi connectivity index (χ2n) is 18.8. The molecule has 1 aliphatic heterocycles. The van der Waals surface area contributed by atoms with Crippen molar-refractivity contribution in [1.82, 2.24) is 4.90 Å². The summed E-state index contributed by atoms with van der Waals surface area (Å²) in [5, 5.41) is 0. The van der Waals surface area contributed by atoms with Crippen LogP contribution in [0.1, 0.15) is 203 Å². The smallest absolute Gasteiger partial charge is 0.305 e. The van der Waals surface area contributed by atoms with Crippen molar-refractivity contribution in [2.75, 3.05) is 40.5 Å². The van der Waals surface area contributed by atoms with Crippen molar-refractivity contribution in [3.05, 3.63) is 0 Å². The molecule has 320 valence electrons. The second-order valence-corrected chi connectivity index (χ2v) is 18.8. The van der Waals surface area contributed by atoms with Crippen molar-refractivity contribution in [2.24, 2.45) is 35.5 Å². The number of hydrogen-bond acceptors (Lipinski definition) is 7. The predicted molar refractivity (Wildman–Crippen MR) is 227 cm³/mol. The number of carbonyl (C=O) groups is 2. The molecule has 0 aromatic rings. The Hall–Kier alpha value is -1.18. The van der Waals surface area contributed by atoms with Gasteiger partial charge >= 0.3 is 11.9 Å². The molecule has 54 heavy (non-hydrogen) atoms. The lowest BCUT2D eigenvalue weighted by atomic mass is 9.89. The van der Waals surface area contributed by atoms with Gasteiger partial charge in [0.25, 0.3) is 0 Å². The van der Waals surface area contributed by atoms with E-state index >= 15 is 0 Å². The summed E-state index contributed by atoms with van der Waals surface area (Å²) in [5.41, 5.74) is 0. The zero-order chi connectivity index (χ0) is 40.2. The normalized spacial score (nSPS) is 18.8. The lowest BCUT2D eigenvalue weighted by Gasteiger charge is -2.29. The Balaban J connectivity index is 2.25. The van der Waals surface area contributed by atoms with Crippen LogP contribution in [-0.2, 0) is 28.5 Å². The molecule has 1 aliphatic rings. The number of esters is 2. The molecular weight excluding hydrogens is 675 g/mol. The van der Waals surface area contributed by atoms with Gasteiger partial charge < -0.3 is 23.8 Å². The van der Waals surface area contributed by atoms with Crippen LogP contribution in [0.3, 0.4) is 0 Å². The number of ether oxygens (including phenoxy) is 4. The van der Waals surface area contributed by atoms with Gasteiger partial charge in [-0.05, 0) is 94.5 Å². The van der Waals surface area contributed by atoms with E-state index in [-0.39, 0.29) is 18.0 Å². The fraction of sp³-hybridized carbons (Fsp3) is 0.957. The summed E-state index contributed by atoms with van der Waals surface area (Å²) in [4.78, 5) is 26.9. The Kier molecular flexibility index (Phi) is 29.1. The average Bonchev–Trinajstić information content (AvgIpc) is 3.51. The van der Waals surface area contributed by atoms with Gasteiger partial charge in [0.2, 0.25) is 0 Å². The van der Waals surface area contributed by atoms with E-state index in [1.54, 1.807) is 0 Å². The van der Waals surface area contributed by atoms with Crippen LogP contribution in [0.2, 0.25) is 0 Å². The van der Waals surface area contributed by atoms with Gasteiger partial charge in [0.15, 0.2) is 5.79 Å². The molecule has 0 aliphatic carbocycles. The van der Waals surface area contributed by atoms with E-state index in [2.05, 4.69) is 74.4 Å². The largest absolute Gasteiger partial charge is 0.465 e. The van der Waals surface area contributed by atoms with E-state index in [0.29, 0.717) is 68.2 Å². The number of carbonyl (C=O) groups excluding carboxylic acids is 2. The summed E-state index contributed by atoms with van der Waals surface area (Å²) in [6, 6.07) is 0. The van der Waals surface area contributed by atoms with Gasteiger partial charge in [-0.15, -0.1) is 0 Å². The highest BCUT2D eigenvalue weighted by Crippen LogP contribution is 2.36. The number of hydrogen-bond donors (Lipinski definition) is 0. The van der Waals surface area contributed by atoms with Gasteiger partial charge in [-0.25, -0.2) is 0 Å². The highest BCUT2D eigenvalue weighted by Gasteiger charge is 2.40. The maximum absolute atomic E-state index is 12.3. The van der Waals surface area contributed by atoms with E-state index < -0.39 is 5.79 Å². The fourth-order valence-electron chi connectivity index (χ4n) is 7.50. The number of rotatable bonds is 35. The summed E-state index contributed by atoms with van der Waals surface area (Å²) in [5.74, 6) is 2.97. The maximum Gasteiger partial charge on any atom is 0.305 e. The summed E-state index contributed by atoms with van der Waals surface area (Å²) < 4.78 is 24.5. The molecule has 7 heteroatoms. The highest BCUT2D eigenvalue weighted by atomic mass is 16.7. The van der Waals surface area contributed by atoms with Crippen LogP contribution in [0, 0.1) is 35.5 Å². The Bertz CT molecular complexity index is 860. The minimum Gasteiger partial charge on any atom is -0.465 e. The average molecular weight is 766 g/mol. The first-order chi connectivity index (χ1) is 25.7. The summed E-state index contributed by atoms with van der Waals surface area (Å²) >= 11 is 0. The molecule has 3 unspecified atom stereocenters. The third-order valence-electron chi connectivity index (χ3n) is 11.7. The van der Waals surface area contributed by atoms with Gasteiger partial charge in [-0.3, -0.25) is 9.59 Å². The molecule has 1 rings (SSSR count). The van der Waals surface area contributed by atoms with Crippen molar-refractivity contribution < 1.29 is 28.5 Å². The number of nitrogens with zero attached hydrogens (tertiary/aromatic N) is 1. The van der Waals surface area contributed by atoms with Gasteiger partial charge in [0, 0.05) is 32.2 Å². The molecule has 0 radical (unpaired) electrons. The Labute approximate surface area is 335 Å². The molecule has 0 spiro atoms. The van der Waals surface area contributed by atoms with Crippen molar-refractivity contribution in [2.45, 2.75) is 215 Å². The zero-order valence-corrected chi connectivity index (χ0v) is 37.5. The van der Waals surface area contributed by atoms with E-state index in [4.69, 9.17) is 18.9 Å². The van der Waals surface area contributed by atoms with Crippen molar-refractivity contribution in [3.8, 4) is 0 Å². The monoisotopic (exact) mass is 766 g/mol. The lowest BCUT2D eigenvalue weighted by Crippen LogP contribution is -2.31. The van der Waals surface area contributed by atoms with E-state index in [9.17, 15) is 9.59 Å². The maximum atomic E-state index is 12.3. The SMILES string of the molecule is CC(C)CCC(COC(=O)CCCCCCCCCC1(CCCCCCCCCC(=O)OCC(CCC(C)C)C(C)C)OCC(CCN(C)C)O1)C(C)C. The van der Waals surface area contributed by atoms with Gasteiger partial charge in [0.05, 0.1) is 25.9 Å². The van der Waals surface area contributed by atoms with Gasteiger partial charge in [0.1, 0.15) is 0 Å². The van der Waals surface area contributed by atoms with Gasteiger partial charge in [-0.2, -0.15) is 0 Å². The molecule has 0 amide bonds. The number of unbranched alkanes of at least 4 members (excludes halogenated alkanes) is 12. The predicted octanol–water partition coefficient (Wildman–Crippen LogP) is 12.6. The minimum atomic E-state index is -0.412. The third-order valence-corrected chi connectivity index (χ3v) is 11.7. The molecule has 0 N–H and O–H groups in total. The minimum absolute atomic E-state index is 0.0205. The molecule has 0 saturated carbocycles. The standard InChI is InChI=1S/C47H91NO6/c1-38(2)27-29-42(40(5)6)35-51-45(49)25-21-17-13-11-15-19-23-32-47(53-37-44(54-47)31-34-48(9)10)33-24-20-16-12-14-18-22-26-46(50)52-36-43(41(7)8)30-28-39(3)4/h38-44H,11-37H2,1-10H3. The summed E-state index contributed by atoms with van der Waals surface area (Å²) in [7, 11) is 4.24. The highest BCUT2D eigenvalue weighted by molar-refractivity contribution is 5.69. The summed E-state index contributed by atoms with van der Waals surface area (Å²) in [6.45, 7) is 20.9. The van der Waals surface area contributed by atoms with Crippen LogP contribution >= 0.6 is 0 Å². The molecule has 7 nitrogen and oxygen atoms in total. The van der Waals surface area contributed by atoms with Crippen molar-refractivity contribution >= 4 is 11.9 Å². The quantitative estimate of drug-likeness (QED) is 0.0470. The molecule has 0 aromatic heterocycles. The lowest BCUT2D eigenvalue weighted by molar-refractivity contribution is -0.180. The second kappa shape index (κ2) is 30.9. The van der Waals surface area contributed by atoms with E-state index in [1.807, 2.05) is 0 Å².